The fraction of sp³-hybridized carbons (Fsp3) is 0.263. The second-order valence-corrected chi connectivity index (χ2v) is 5.80. The molecule has 4 nitrogen and oxygen atoms in total. The number of hydrogen-bond donors (Lipinski definition) is 1. The van der Waals surface area contributed by atoms with E-state index < -0.39 is 17.6 Å². The Labute approximate surface area is 149 Å². The number of nitrogens with zero attached hydrogens (tertiary/aromatic N) is 1. The Kier molecular flexibility index (Phi) is 6.38. The molecular formula is C19H19F3N2O2. The summed E-state index contributed by atoms with van der Waals surface area (Å²) >= 11 is 0. The fourth-order valence-electron chi connectivity index (χ4n) is 2.40. The zero-order valence-corrected chi connectivity index (χ0v) is 14.2. The molecule has 7 heteroatoms. The van der Waals surface area contributed by atoms with Crippen LogP contribution < -0.4 is 5.32 Å². The van der Waals surface area contributed by atoms with Crippen LogP contribution in [0.15, 0.2) is 54.6 Å². The molecule has 0 aliphatic rings. The molecule has 2 aromatic rings. The Morgan fingerprint density at radius 2 is 1.73 bits per heavy atom. The van der Waals surface area contributed by atoms with Crippen LogP contribution >= 0.6 is 0 Å². The molecular weight excluding hydrogens is 345 g/mol. The maximum atomic E-state index is 12.7. The van der Waals surface area contributed by atoms with Crippen LogP contribution in [0.3, 0.4) is 0 Å². The standard InChI is InChI=1S/C19H19F3N2O2/c1-14(25)24(11-10-15-6-3-2-4-7-15)13-18(26)23-17-9-5-8-16(12-17)19(20,21)22/h2-9,12H,10-11,13H2,1H3,(H,23,26). The van der Waals surface area contributed by atoms with Crippen LogP contribution in [0, 0.1) is 0 Å². The molecule has 0 aliphatic heterocycles. The third-order valence-corrected chi connectivity index (χ3v) is 3.77. The van der Waals surface area contributed by atoms with E-state index >= 15 is 0 Å². The van der Waals surface area contributed by atoms with Crippen molar-refractivity contribution in [1.29, 1.82) is 0 Å². The lowest BCUT2D eigenvalue weighted by Gasteiger charge is -2.20. The zero-order chi connectivity index (χ0) is 19.2. The third-order valence-electron chi connectivity index (χ3n) is 3.77. The van der Waals surface area contributed by atoms with Crippen LogP contribution in [0.2, 0.25) is 0 Å². The summed E-state index contributed by atoms with van der Waals surface area (Å²) in [4.78, 5) is 25.2. The first-order chi connectivity index (χ1) is 12.3. The lowest BCUT2D eigenvalue weighted by molar-refractivity contribution is -0.137. The minimum atomic E-state index is -4.48. The van der Waals surface area contributed by atoms with Gasteiger partial charge in [0.1, 0.15) is 0 Å². The summed E-state index contributed by atoms with van der Waals surface area (Å²) in [6.07, 6.45) is -3.90. The van der Waals surface area contributed by atoms with Crippen LogP contribution in [0.25, 0.3) is 0 Å². The Morgan fingerprint density at radius 3 is 2.35 bits per heavy atom. The Balaban J connectivity index is 1.96. The molecule has 0 aliphatic carbocycles. The van der Waals surface area contributed by atoms with Gasteiger partial charge in [-0.15, -0.1) is 0 Å². The minimum Gasteiger partial charge on any atom is -0.333 e. The quantitative estimate of drug-likeness (QED) is 0.849. The summed E-state index contributed by atoms with van der Waals surface area (Å²) in [5, 5.41) is 2.41. The van der Waals surface area contributed by atoms with E-state index in [1.807, 2.05) is 30.3 Å². The van der Waals surface area contributed by atoms with E-state index in [1.54, 1.807) is 0 Å². The number of amides is 2. The van der Waals surface area contributed by atoms with Crippen LogP contribution in [0.4, 0.5) is 18.9 Å². The van der Waals surface area contributed by atoms with Gasteiger partial charge in [-0.2, -0.15) is 13.2 Å². The molecule has 0 spiro atoms. The molecule has 0 fully saturated rings. The second kappa shape index (κ2) is 8.51. The fourth-order valence-corrected chi connectivity index (χ4v) is 2.40. The molecule has 138 valence electrons. The number of rotatable bonds is 6. The molecule has 0 aromatic heterocycles. The second-order valence-electron chi connectivity index (χ2n) is 5.80. The zero-order valence-electron chi connectivity index (χ0n) is 14.2. The van der Waals surface area contributed by atoms with Gasteiger partial charge in [0, 0.05) is 19.2 Å². The van der Waals surface area contributed by atoms with Crippen molar-refractivity contribution >= 4 is 17.5 Å². The normalized spacial score (nSPS) is 11.1. The molecule has 2 aromatic carbocycles. The van der Waals surface area contributed by atoms with Gasteiger partial charge in [-0.05, 0) is 30.2 Å². The largest absolute Gasteiger partial charge is 0.416 e. The van der Waals surface area contributed by atoms with Gasteiger partial charge in [-0.25, -0.2) is 0 Å². The van der Waals surface area contributed by atoms with E-state index in [1.165, 1.54) is 24.0 Å². The molecule has 0 bridgehead atoms. The van der Waals surface area contributed by atoms with Gasteiger partial charge >= 0.3 is 6.18 Å². The van der Waals surface area contributed by atoms with Crippen molar-refractivity contribution in [1.82, 2.24) is 4.90 Å². The van der Waals surface area contributed by atoms with Crippen molar-refractivity contribution in [2.45, 2.75) is 19.5 Å². The highest BCUT2D eigenvalue weighted by atomic mass is 19.4. The smallest absolute Gasteiger partial charge is 0.333 e. The SMILES string of the molecule is CC(=O)N(CCc1ccccc1)CC(=O)Nc1cccc(C(F)(F)F)c1. The van der Waals surface area contributed by atoms with Gasteiger partial charge in [0.2, 0.25) is 11.8 Å². The average Bonchev–Trinajstić information content (AvgIpc) is 2.58. The van der Waals surface area contributed by atoms with E-state index in [0.717, 1.165) is 17.7 Å². The summed E-state index contributed by atoms with van der Waals surface area (Å²) in [6.45, 7) is 1.47. The van der Waals surface area contributed by atoms with E-state index in [-0.39, 0.29) is 18.1 Å². The molecule has 0 saturated carbocycles. The Morgan fingerprint density at radius 1 is 1.04 bits per heavy atom. The highest BCUT2D eigenvalue weighted by molar-refractivity contribution is 5.94. The Bertz CT molecular complexity index is 761. The minimum absolute atomic E-state index is 0.0383. The summed E-state index contributed by atoms with van der Waals surface area (Å²) in [7, 11) is 0. The first kappa shape index (κ1) is 19.5. The highest BCUT2D eigenvalue weighted by Gasteiger charge is 2.30. The summed E-state index contributed by atoms with van der Waals surface area (Å²) in [6, 6.07) is 13.9. The highest BCUT2D eigenvalue weighted by Crippen LogP contribution is 2.30. The monoisotopic (exact) mass is 364 g/mol. The van der Waals surface area contributed by atoms with Crippen molar-refractivity contribution in [2.24, 2.45) is 0 Å². The third kappa shape index (κ3) is 5.91. The first-order valence-corrected chi connectivity index (χ1v) is 8.02. The number of carbonyl (C=O) groups is 2. The van der Waals surface area contributed by atoms with E-state index in [2.05, 4.69) is 5.32 Å². The molecule has 1 N–H and O–H groups in total. The van der Waals surface area contributed by atoms with Crippen molar-refractivity contribution in [2.75, 3.05) is 18.4 Å². The molecule has 0 atom stereocenters. The predicted octanol–water partition coefficient (Wildman–Crippen LogP) is 3.74. The number of nitrogens with one attached hydrogen (secondary N) is 1. The van der Waals surface area contributed by atoms with E-state index in [4.69, 9.17) is 0 Å². The molecule has 2 rings (SSSR count). The number of alkyl halides is 3. The first-order valence-electron chi connectivity index (χ1n) is 8.02. The van der Waals surface area contributed by atoms with Crippen LogP contribution in [-0.2, 0) is 22.2 Å². The van der Waals surface area contributed by atoms with Gasteiger partial charge in [0.25, 0.3) is 0 Å². The molecule has 2 amide bonds. The maximum absolute atomic E-state index is 12.7. The van der Waals surface area contributed by atoms with Gasteiger partial charge < -0.3 is 10.2 Å². The number of hydrogen-bond acceptors (Lipinski definition) is 2. The predicted molar refractivity (Wildman–Crippen MR) is 92.5 cm³/mol. The lowest BCUT2D eigenvalue weighted by Crippen LogP contribution is -2.38. The van der Waals surface area contributed by atoms with Crippen LogP contribution in [0.5, 0.6) is 0 Å². The van der Waals surface area contributed by atoms with Crippen LogP contribution in [-0.4, -0.2) is 29.8 Å². The van der Waals surface area contributed by atoms with Crippen molar-refractivity contribution in [3.8, 4) is 0 Å². The summed E-state index contributed by atoms with van der Waals surface area (Å²) in [5.41, 5.74) is 0.219. The lowest BCUT2D eigenvalue weighted by atomic mass is 10.1. The van der Waals surface area contributed by atoms with Crippen molar-refractivity contribution in [3.63, 3.8) is 0 Å². The number of carbonyl (C=O) groups excluding carboxylic acids is 2. The van der Waals surface area contributed by atoms with Crippen molar-refractivity contribution < 1.29 is 22.8 Å². The van der Waals surface area contributed by atoms with Gasteiger partial charge in [0.15, 0.2) is 0 Å². The summed E-state index contributed by atoms with van der Waals surface area (Å²) < 4.78 is 38.2. The average molecular weight is 364 g/mol. The van der Waals surface area contributed by atoms with Gasteiger partial charge in [-0.3, -0.25) is 9.59 Å². The number of halogens is 3. The molecule has 0 radical (unpaired) electrons. The van der Waals surface area contributed by atoms with E-state index in [9.17, 15) is 22.8 Å². The molecule has 0 saturated heterocycles. The van der Waals surface area contributed by atoms with Crippen molar-refractivity contribution in [3.05, 3.63) is 65.7 Å². The number of anilines is 1. The molecule has 26 heavy (non-hydrogen) atoms. The van der Waals surface area contributed by atoms with Crippen LogP contribution in [0.1, 0.15) is 18.1 Å². The molecule has 0 unspecified atom stereocenters. The molecule has 0 heterocycles. The maximum Gasteiger partial charge on any atom is 0.416 e. The topological polar surface area (TPSA) is 49.4 Å². The Hall–Kier alpha value is -2.83. The van der Waals surface area contributed by atoms with Gasteiger partial charge in [-0.1, -0.05) is 36.4 Å². The number of benzene rings is 2. The van der Waals surface area contributed by atoms with E-state index in [0.29, 0.717) is 13.0 Å². The summed E-state index contributed by atoms with van der Waals surface area (Å²) in [5.74, 6) is -0.826. The van der Waals surface area contributed by atoms with Gasteiger partial charge in [0.05, 0.1) is 12.1 Å².